The first kappa shape index (κ1) is 13.5. The number of aromatic nitrogens is 1. The molecule has 0 aliphatic rings. The Balaban J connectivity index is 2.29. The van der Waals surface area contributed by atoms with Gasteiger partial charge in [-0.2, -0.15) is 0 Å². The second-order valence-electron chi connectivity index (χ2n) is 3.72. The van der Waals surface area contributed by atoms with Crippen molar-refractivity contribution in [3.8, 4) is 11.6 Å². The highest BCUT2D eigenvalue weighted by Crippen LogP contribution is 2.25. The van der Waals surface area contributed by atoms with Gasteiger partial charge in [0.1, 0.15) is 11.3 Å². The molecule has 2 rings (SSSR count). The smallest absolute Gasteiger partial charge is 0.341 e. The summed E-state index contributed by atoms with van der Waals surface area (Å²) in [6.07, 6.45) is 1.46. The molecular weight excluding hydrogens is 314 g/mol. The fraction of sp³-hybridized carbons (Fsp3) is 0.0769. The van der Waals surface area contributed by atoms with Crippen molar-refractivity contribution in [3.63, 3.8) is 0 Å². The summed E-state index contributed by atoms with van der Waals surface area (Å²) in [6.45, 7) is -0.0583. The monoisotopic (exact) mass is 323 g/mol. The Morgan fingerprint density at radius 3 is 2.58 bits per heavy atom. The summed E-state index contributed by atoms with van der Waals surface area (Å²) in [4.78, 5) is 15.0. The highest BCUT2D eigenvalue weighted by Gasteiger charge is 2.14. The molecule has 0 spiro atoms. The number of benzene rings is 1. The van der Waals surface area contributed by atoms with Gasteiger partial charge in [-0.25, -0.2) is 9.78 Å². The van der Waals surface area contributed by atoms with Crippen molar-refractivity contribution in [2.24, 2.45) is 0 Å². The van der Waals surface area contributed by atoms with Crippen LogP contribution in [-0.4, -0.2) is 21.2 Å². The van der Waals surface area contributed by atoms with Crippen LogP contribution >= 0.6 is 15.9 Å². The first-order valence-corrected chi connectivity index (χ1v) is 6.16. The Kier molecular flexibility index (Phi) is 4.13. The highest BCUT2D eigenvalue weighted by molar-refractivity contribution is 9.10. The van der Waals surface area contributed by atoms with Crippen LogP contribution in [0.5, 0.6) is 11.6 Å². The number of carboxylic acids is 1. The molecule has 0 amide bonds. The Morgan fingerprint density at radius 1 is 1.32 bits per heavy atom. The molecule has 2 N–H and O–H groups in total. The lowest BCUT2D eigenvalue weighted by atomic mass is 10.2. The molecule has 0 saturated heterocycles. The third kappa shape index (κ3) is 3.30. The highest BCUT2D eigenvalue weighted by atomic mass is 79.9. The first-order valence-electron chi connectivity index (χ1n) is 5.36. The summed E-state index contributed by atoms with van der Waals surface area (Å²) in [5, 5.41) is 18.0. The molecule has 1 aromatic heterocycles. The van der Waals surface area contributed by atoms with E-state index in [1.54, 1.807) is 24.3 Å². The second kappa shape index (κ2) is 5.81. The van der Waals surface area contributed by atoms with E-state index in [0.717, 1.165) is 5.56 Å². The minimum atomic E-state index is -1.12. The number of aliphatic hydroxyl groups is 1. The lowest BCUT2D eigenvalue weighted by Gasteiger charge is -2.08. The minimum absolute atomic E-state index is 0.0208. The summed E-state index contributed by atoms with van der Waals surface area (Å²) in [6, 6.07) is 8.08. The summed E-state index contributed by atoms with van der Waals surface area (Å²) in [5.74, 6) is -0.641. The summed E-state index contributed by atoms with van der Waals surface area (Å²) in [5.41, 5.74) is 0.718. The largest absolute Gasteiger partial charge is 0.477 e. The number of carbonyl (C=O) groups is 1. The molecule has 0 fully saturated rings. The van der Waals surface area contributed by atoms with E-state index >= 15 is 0 Å². The van der Waals surface area contributed by atoms with Gasteiger partial charge in [0.05, 0.1) is 6.61 Å². The molecule has 6 heteroatoms. The average molecular weight is 324 g/mol. The van der Waals surface area contributed by atoms with E-state index in [0.29, 0.717) is 10.2 Å². The molecule has 2 aromatic rings. The number of aliphatic hydroxyl groups excluding tert-OH is 1. The van der Waals surface area contributed by atoms with Gasteiger partial charge in [0.15, 0.2) is 0 Å². The zero-order valence-corrected chi connectivity index (χ0v) is 11.3. The van der Waals surface area contributed by atoms with E-state index in [2.05, 4.69) is 20.9 Å². The van der Waals surface area contributed by atoms with Gasteiger partial charge in [-0.05, 0) is 39.7 Å². The zero-order chi connectivity index (χ0) is 13.8. The molecule has 0 aliphatic heterocycles. The molecule has 5 nitrogen and oxygen atoms in total. The molecule has 0 atom stereocenters. The van der Waals surface area contributed by atoms with Crippen molar-refractivity contribution in [3.05, 3.63) is 52.1 Å². The molecule has 19 heavy (non-hydrogen) atoms. The number of pyridine rings is 1. The standard InChI is InChI=1S/C13H10BrNO4/c14-9-5-11(13(17)18)12(15-6-9)19-10-3-1-8(7-16)2-4-10/h1-6,16H,7H2,(H,17,18). The van der Waals surface area contributed by atoms with Crippen LogP contribution in [0.25, 0.3) is 0 Å². The van der Waals surface area contributed by atoms with E-state index in [1.807, 2.05) is 0 Å². The topological polar surface area (TPSA) is 79.7 Å². The third-order valence-corrected chi connectivity index (χ3v) is 2.80. The molecule has 0 unspecified atom stereocenters. The third-order valence-electron chi connectivity index (χ3n) is 2.37. The van der Waals surface area contributed by atoms with Crippen molar-refractivity contribution >= 4 is 21.9 Å². The minimum Gasteiger partial charge on any atom is -0.477 e. The molecule has 0 radical (unpaired) electrons. The van der Waals surface area contributed by atoms with Crippen molar-refractivity contribution in [1.29, 1.82) is 0 Å². The Labute approximate surface area is 117 Å². The summed E-state index contributed by atoms with van der Waals surface area (Å²) >= 11 is 3.16. The number of ether oxygens (including phenoxy) is 1. The predicted octanol–water partition coefficient (Wildman–Crippen LogP) is 2.83. The lowest BCUT2D eigenvalue weighted by molar-refractivity contribution is 0.0693. The molecular formula is C13H10BrNO4. The molecule has 0 aliphatic carbocycles. The fourth-order valence-corrected chi connectivity index (χ4v) is 1.77. The molecule has 1 aromatic carbocycles. The van der Waals surface area contributed by atoms with Crippen LogP contribution in [0.1, 0.15) is 15.9 Å². The quantitative estimate of drug-likeness (QED) is 0.904. The molecule has 1 heterocycles. The van der Waals surface area contributed by atoms with Gasteiger partial charge in [-0.15, -0.1) is 0 Å². The molecule has 0 bridgehead atoms. The summed E-state index contributed by atoms with van der Waals surface area (Å²) in [7, 11) is 0. The number of hydrogen-bond donors (Lipinski definition) is 2. The summed E-state index contributed by atoms with van der Waals surface area (Å²) < 4.78 is 5.99. The van der Waals surface area contributed by atoms with Gasteiger partial charge in [0.25, 0.3) is 0 Å². The number of nitrogens with zero attached hydrogens (tertiary/aromatic N) is 1. The normalized spacial score (nSPS) is 10.2. The number of halogens is 1. The van der Waals surface area contributed by atoms with E-state index in [4.69, 9.17) is 14.9 Å². The Hall–Kier alpha value is -1.92. The van der Waals surface area contributed by atoms with Crippen LogP contribution in [-0.2, 0) is 6.61 Å². The van der Waals surface area contributed by atoms with Crippen LogP contribution in [0.4, 0.5) is 0 Å². The number of carboxylic acid groups (broad SMARTS) is 1. The second-order valence-corrected chi connectivity index (χ2v) is 4.63. The van der Waals surface area contributed by atoms with Gasteiger partial charge in [-0.3, -0.25) is 0 Å². The first-order chi connectivity index (χ1) is 9.10. The van der Waals surface area contributed by atoms with Gasteiger partial charge in [0, 0.05) is 10.7 Å². The van der Waals surface area contributed by atoms with E-state index in [9.17, 15) is 4.79 Å². The van der Waals surface area contributed by atoms with Crippen molar-refractivity contribution in [2.75, 3.05) is 0 Å². The predicted molar refractivity (Wildman–Crippen MR) is 71.3 cm³/mol. The maximum Gasteiger partial charge on any atom is 0.341 e. The van der Waals surface area contributed by atoms with Crippen LogP contribution in [0.15, 0.2) is 41.0 Å². The molecule has 0 saturated carbocycles. The van der Waals surface area contributed by atoms with Crippen molar-refractivity contribution in [2.45, 2.75) is 6.61 Å². The Bertz CT molecular complexity index is 598. The maximum atomic E-state index is 11.1. The SMILES string of the molecule is O=C(O)c1cc(Br)cnc1Oc1ccc(CO)cc1. The zero-order valence-electron chi connectivity index (χ0n) is 9.71. The van der Waals surface area contributed by atoms with Crippen LogP contribution in [0.2, 0.25) is 0 Å². The van der Waals surface area contributed by atoms with Crippen molar-refractivity contribution in [1.82, 2.24) is 4.98 Å². The van der Waals surface area contributed by atoms with Crippen LogP contribution in [0.3, 0.4) is 0 Å². The van der Waals surface area contributed by atoms with Gasteiger partial charge >= 0.3 is 5.97 Å². The Morgan fingerprint density at radius 2 is 2.00 bits per heavy atom. The van der Waals surface area contributed by atoms with E-state index in [1.165, 1.54) is 12.3 Å². The molecule has 98 valence electrons. The number of aromatic carboxylic acids is 1. The van der Waals surface area contributed by atoms with Gasteiger partial charge < -0.3 is 14.9 Å². The maximum absolute atomic E-state index is 11.1. The number of rotatable bonds is 4. The number of hydrogen-bond acceptors (Lipinski definition) is 4. The van der Waals surface area contributed by atoms with Gasteiger partial charge in [0.2, 0.25) is 5.88 Å². The fourth-order valence-electron chi connectivity index (χ4n) is 1.44. The average Bonchev–Trinajstić information content (AvgIpc) is 2.41. The van der Waals surface area contributed by atoms with Crippen molar-refractivity contribution < 1.29 is 19.7 Å². The van der Waals surface area contributed by atoms with Crippen LogP contribution < -0.4 is 4.74 Å². The van der Waals surface area contributed by atoms with Crippen LogP contribution in [0, 0.1) is 0 Å². The van der Waals surface area contributed by atoms with Gasteiger partial charge in [-0.1, -0.05) is 12.1 Å². The van der Waals surface area contributed by atoms with E-state index < -0.39 is 5.97 Å². The van der Waals surface area contributed by atoms with E-state index in [-0.39, 0.29) is 18.1 Å². The lowest BCUT2D eigenvalue weighted by Crippen LogP contribution is -2.02.